The zero-order chi connectivity index (χ0) is 30.5. The van der Waals surface area contributed by atoms with Gasteiger partial charge in [-0.3, -0.25) is 4.57 Å². The van der Waals surface area contributed by atoms with Crippen molar-refractivity contribution in [1.82, 2.24) is 9.55 Å². The van der Waals surface area contributed by atoms with Crippen LogP contribution in [-0.4, -0.2) is 16.2 Å². The van der Waals surface area contributed by atoms with Crippen molar-refractivity contribution >= 4 is 44.6 Å². The van der Waals surface area contributed by atoms with E-state index in [1.54, 1.807) is 6.07 Å². The van der Waals surface area contributed by atoms with Gasteiger partial charge in [-0.15, -0.1) is 0 Å². The third-order valence-corrected chi connectivity index (χ3v) is 8.57. The normalized spacial score (nSPS) is 12.7. The fraction of sp³-hybridized carbons (Fsp3) is 0.103. The Bertz CT molecular complexity index is 2220. The van der Waals surface area contributed by atoms with E-state index in [0.29, 0.717) is 12.4 Å². The van der Waals surface area contributed by atoms with E-state index in [-0.39, 0.29) is 5.82 Å². The molecule has 1 aliphatic heterocycles. The SMILES string of the molecule is CCc1cc(Oc2ccc3c4ccccc4n(-c4cc(C)ccn4)c3c2)cc(N2CN(c3ccccc3F)c3ccccc32)c1. The fourth-order valence-electron chi connectivity index (χ4n) is 6.41. The fourth-order valence-corrected chi connectivity index (χ4v) is 6.41. The summed E-state index contributed by atoms with van der Waals surface area (Å²) in [5.41, 5.74) is 7.99. The van der Waals surface area contributed by atoms with Crippen molar-refractivity contribution in [3.63, 3.8) is 0 Å². The van der Waals surface area contributed by atoms with E-state index >= 15 is 0 Å². The van der Waals surface area contributed by atoms with Gasteiger partial charge in [-0.2, -0.15) is 0 Å². The van der Waals surface area contributed by atoms with Gasteiger partial charge in [0.15, 0.2) is 0 Å². The summed E-state index contributed by atoms with van der Waals surface area (Å²) in [6.45, 7) is 4.72. The smallest absolute Gasteiger partial charge is 0.146 e. The van der Waals surface area contributed by atoms with Crippen LogP contribution in [0.3, 0.4) is 0 Å². The number of hydrogen-bond acceptors (Lipinski definition) is 4. The first-order valence-corrected chi connectivity index (χ1v) is 15.2. The Balaban J connectivity index is 1.20. The van der Waals surface area contributed by atoms with E-state index in [2.05, 4.69) is 90.0 Å². The number of pyridine rings is 1. The average Bonchev–Trinajstić information content (AvgIpc) is 3.61. The van der Waals surface area contributed by atoms with E-state index in [9.17, 15) is 4.39 Å². The molecule has 0 saturated carbocycles. The molecular weight excluding hydrogens is 559 g/mol. The zero-order valence-electron chi connectivity index (χ0n) is 25.1. The largest absolute Gasteiger partial charge is 0.457 e. The number of benzene rings is 5. The lowest BCUT2D eigenvalue weighted by atomic mass is 10.1. The van der Waals surface area contributed by atoms with E-state index in [0.717, 1.165) is 68.3 Å². The van der Waals surface area contributed by atoms with E-state index < -0.39 is 0 Å². The Morgan fingerprint density at radius 2 is 1.42 bits per heavy atom. The average molecular weight is 591 g/mol. The lowest BCUT2D eigenvalue weighted by Gasteiger charge is -2.23. The molecule has 0 N–H and O–H groups in total. The Kier molecular flexibility index (Phi) is 6.49. The van der Waals surface area contributed by atoms with Crippen LogP contribution in [-0.2, 0) is 6.42 Å². The number of hydrogen-bond donors (Lipinski definition) is 0. The number of rotatable bonds is 6. The number of nitrogens with zero attached hydrogens (tertiary/aromatic N) is 4. The third-order valence-electron chi connectivity index (χ3n) is 8.57. The summed E-state index contributed by atoms with van der Waals surface area (Å²) in [5, 5.41) is 2.32. The molecule has 1 aliphatic rings. The molecule has 45 heavy (non-hydrogen) atoms. The van der Waals surface area contributed by atoms with Gasteiger partial charge in [0.25, 0.3) is 0 Å². The van der Waals surface area contributed by atoms with Gasteiger partial charge >= 0.3 is 0 Å². The van der Waals surface area contributed by atoms with Crippen molar-refractivity contribution in [2.24, 2.45) is 0 Å². The Morgan fingerprint density at radius 1 is 0.689 bits per heavy atom. The minimum atomic E-state index is -0.242. The molecule has 0 unspecified atom stereocenters. The summed E-state index contributed by atoms with van der Waals surface area (Å²) in [4.78, 5) is 8.96. The monoisotopic (exact) mass is 590 g/mol. The molecule has 7 aromatic rings. The molecule has 6 heteroatoms. The minimum absolute atomic E-state index is 0.242. The minimum Gasteiger partial charge on any atom is -0.457 e. The van der Waals surface area contributed by atoms with Crippen LogP contribution < -0.4 is 14.5 Å². The van der Waals surface area contributed by atoms with Crippen LogP contribution in [0.4, 0.5) is 27.1 Å². The highest BCUT2D eigenvalue weighted by molar-refractivity contribution is 6.09. The number of ether oxygens (including phenoxy) is 1. The molecule has 0 bridgehead atoms. The molecule has 0 aliphatic carbocycles. The van der Waals surface area contributed by atoms with Gasteiger partial charge in [0, 0.05) is 34.8 Å². The van der Waals surface area contributed by atoms with Gasteiger partial charge in [-0.25, -0.2) is 9.37 Å². The van der Waals surface area contributed by atoms with Gasteiger partial charge in [-0.1, -0.05) is 49.4 Å². The molecule has 5 aromatic carbocycles. The zero-order valence-corrected chi connectivity index (χ0v) is 25.1. The second-order valence-electron chi connectivity index (χ2n) is 11.5. The molecule has 0 atom stereocenters. The molecular formula is C39H31FN4O. The second-order valence-corrected chi connectivity index (χ2v) is 11.5. The number of halogens is 1. The maximum atomic E-state index is 14.9. The quantitative estimate of drug-likeness (QED) is 0.193. The van der Waals surface area contributed by atoms with Gasteiger partial charge in [0.2, 0.25) is 0 Å². The maximum Gasteiger partial charge on any atom is 0.146 e. The summed E-state index contributed by atoms with van der Waals surface area (Å²) in [7, 11) is 0. The van der Waals surface area contributed by atoms with Crippen molar-refractivity contribution in [1.29, 1.82) is 0 Å². The predicted octanol–water partition coefficient (Wildman–Crippen LogP) is 10.2. The molecule has 0 spiro atoms. The van der Waals surface area contributed by atoms with Crippen molar-refractivity contribution < 1.29 is 9.13 Å². The molecule has 0 radical (unpaired) electrons. The number of fused-ring (bicyclic) bond motifs is 4. The van der Waals surface area contributed by atoms with Crippen LogP contribution in [0, 0.1) is 12.7 Å². The topological polar surface area (TPSA) is 33.5 Å². The Labute approximate surface area is 261 Å². The Morgan fingerprint density at radius 3 is 2.22 bits per heavy atom. The van der Waals surface area contributed by atoms with Crippen molar-refractivity contribution in [3.8, 4) is 17.3 Å². The highest BCUT2D eigenvalue weighted by atomic mass is 19.1. The summed E-state index contributed by atoms with van der Waals surface area (Å²) in [5.74, 6) is 2.13. The number of aryl methyl sites for hydroxylation is 2. The highest BCUT2D eigenvalue weighted by Gasteiger charge is 2.29. The van der Waals surface area contributed by atoms with Crippen molar-refractivity contribution in [3.05, 3.63) is 144 Å². The summed E-state index contributed by atoms with van der Waals surface area (Å²) in [6.07, 6.45) is 2.70. The van der Waals surface area contributed by atoms with Crippen molar-refractivity contribution in [2.75, 3.05) is 16.5 Å². The Hall–Kier alpha value is -5.62. The summed E-state index contributed by atoms with van der Waals surface area (Å²) >= 11 is 0. The first-order valence-electron chi connectivity index (χ1n) is 15.2. The molecule has 8 rings (SSSR count). The lowest BCUT2D eigenvalue weighted by molar-refractivity contribution is 0.482. The maximum absolute atomic E-state index is 14.9. The molecule has 2 aromatic heterocycles. The molecule has 3 heterocycles. The molecule has 220 valence electrons. The summed E-state index contributed by atoms with van der Waals surface area (Å²) < 4.78 is 23.8. The van der Waals surface area contributed by atoms with Gasteiger partial charge < -0.3 is 14.5 Å². The molecule has 0 fully saturated rings. The van der Waals surface area contributed by atoms with E-state index in [1.165, 1.54) is 11.5 Å². The third kappa shape index (κ3) is 4.66. The molecule has 0 amide bonds. The van der Waals surface area contributed by atoms with Crippen LogP contribution in [0.2, 0.25) is 0 Å². The number of para-hydroxylation sites is 4. The first-order chi connectivity index (χ1) is 22.1. The van der Waals surface area contributed by atoms with Gasteiger partial charge in [0.1, 0.15) is 29.8 Å². The van der Waals surface area contributed by atoms with Crippen LogP contribution >= 0.6 is 0 Å². The van der Waals surface area contributed by atoms with Gasteiger partial charge in [0.05, 0.1) is 28.1 Å². The second kappa shape index (κ2) is 10.8. The van der Waals surface area contributed by atoms with E-state index in [1.807, 2.05) is 53.6 Å². The molecule has 5 nitrogen and oxygen atoms in total. The van der Waals surface area contributed by atoms with Crippen LogP contribution in [0.1, 0.15) is 18.1 Å². The standard InChI is InChI=1S/C39H31FN4O/c1-3-27-21-28(42-25-43(35-13-7-5-11-33(35)40)37-15-9-8-14-36(37)42)23-30(22-27)45-29-16-17-32-31-10-4-6-12-34(31)44(38(32)24-29)39-20-26(2)18-19-41-39/h4-24H,3,25H2,1-2H3. The van der Waals surface area contributed by atoms with Crippen LogP contribution in [0.25, 0.3) is 27.6 Å². The van der Waals surface area contributed by atoms with E-state index in [4.69, 9.17) is 9.72 Å². The lowest BCUT2D eigenvalue weighted by Crippen LogP contribution is -2.24. The predicted molar refractivity (Wildman–Crippen MR) is 181 cm³/mol. The first kappa shape index (κ1) is 27.0. The summed E-state index contributed by atoms with van der Waals surface area (Å²) in [6, 6.07) is 40.2. The van der Waals surface area contributed by atoms with Crippen molar-refractivity contribution in [2.45, 2.75) is 20.3 Å². The van der Waals surface area contributed by atoms with Crippen LogP contribution in [0.5, 0.6) is 11.5 Å². The number of anilines is 4. The molecule has 0 saturated heterocycles. The number of aromatic nitrogens is 2. The van der Waals surface area contributed by atoms with Gasteiger partial charge in [-0.05, 0) is 91.2 Å². The van der Waals surface area contributed by atoms with Crippen LogP contribution in [0.15, 0.2) is 128 Å². The highest BCUT2D eigenvalue weighted by Crippen LogP contribution is 2.46.